The van der Waals surface area contributed by atoms with Gasteiger partial charge in [0.15, 0.2) is 0 Å². The molecule has 17 heavy (non-hydrogen) atoms. The van der Waals surface area contributed by atoms with Gasteiger partial charge in [0.1, 0.15) is 5.69 Å². The number of aromatic amines is 1. The fourth-order valence-electron chi connectivity index (χ4n) is 1.56. The molecule has 0 fully saturated rings. The first kappa shape index (κ1) is 12.0. The van der Waals surface area contributed by atoms with E-state index in [0.717, 1.165) is 0 Å². The van der Waals surface area contributed by atoms with Crippen LogP contribution in [0.1, 0.15) is 11.3 Å². The number of nitrogens with one attached hydrogen (secondary N) is 1. The molecule has 6 heteroatoms. The Kier molecular flexibility index (Phi) is 2.87. The number of rotatable bonds is 1. The summed E-state index contributed by atoms with van der Waals surface area (Å²) in [6.45, 7) is 1.39. The van der Waals surface area contributed by atoms with Gasteiger partial charge >= 0.3 is 6.18 Å². The zero-order chi connectivity index (χ0) is 12.6. The van der Waals surface area contributed by atoms with Crippen molar-refractivity contribution in [3.63, 3.8) is 0 Å². The lowest BCUT2D eigenvalue weighted by atomic mass is 10.1. The van der Waals surface area contributed by atoms with Gasteiger partial charge in [-0.1, -0.05) is 23.7 Å². The highest BCUT2D eigenvalue weighted by Crippen LogP contribution is 2.34. The van der Waals surface area contributed by atoms with Gasteiger partial charge in [0.25, 0.3) is 0 Å². The molecule has 0 aliphatic rings. The first-order chi connectivity index (χ1) is 7.89. The Morgan fingerprint density at radius 1 is 1.18 bits per heavy atom. The summed E-state index contributed by atoms with van der Waals surface area (Å²) in [5.74, 6) is 0. The molecule has 2 aromatic rings. The number of hydrogen-bond donors (Lipinski definition) is 1. The second-order valence-electron chi connectivity index (χ2n) is 3.58. The molecule has 0 bridgehead atoms. The van der Waals surface area contributed by atoms with Gasteiger partial charge in [-0.05, 0) is 19.1 Å². The van der Waals surface area contributed by atoms with E-state index in [1.165, 1.54) is 6.92 Å². The molecule has 2 rings (SSSR count). The summed E-state index contributed by atoms with van der Waals surface area (Å²) in [5.41, 5.74) is 0.148. The van der Waals surface area contributed by atoms with Gasteiger partial charge in [0.2, 0.25) is 0 Å². The van der Waals surface area contributed by atoms with Crippen LogP contribution in [0, 0.1) is 6.92 Å². The van der Waals surface area contributed by atoms with Gasteiger partial charge in [0.05, 0.1) is 5.69 Å². The Bertz CT molecular complexity index is 529. The van der Waals surface area contributed by atoms with E-state index in [9.17, 15) is 13.2 Å². The fourth-order valence-corrected chi connectivity index (χ4v) is 1.69. The minimum absolute atomic E-state index is 0.0832. The van der Waals surface area contributed by atoms with Crippen molar-refractivity contribution < 1.29 is 13.2 Å². The molecule has 1 N–H and O–H groups in total. The largest absolute Gasteiger partial charge is 0.433 e. The number of nitrogens with zero attached hydrogens (tertiary/aromatic N) is 1. The quantitative estimate of drug-likeness (QED) is 0.823. The van der Waals surface area contributed by atoms with Crippen LogP contribution >= 0.6 is 11.6 Å². The zero-order valence-corrected chi connectivity index (χ0v) is 9.52. The van der Waals surface area contributed by atoms with Crippen LogP contribution in [0.5, 0.6) is 0 Å². The molecular formula is C11H8ClF3N2. The average Bonchev–Trinajstić information content (AvgIpc) is 2.61. The molecule has 1 aromatic carbocycles. The Morgan fingerprint density at radius 2 is 1.76 bits per heavy atom. The Hall–Kier alpha value is -1.49. The van der Waals surface area contributed by atoms with Crippen molar-refractivity contribution in [3.8, 4) is 11.3 Å². The van der Waals surface area contributed by atoms with E-state index < -0.39 is 11.9 Å². The average molecular weight is 261 g/mol. The minimum Gasteiger partial charge on any atom is -0.273 e. The number of aromatic nitrogens is 2. The molecule has 0 spiro atoms. The summed E-state index contributed by atoms with van der Waals surface area (Å²) in [5, 5.41) is 6.24. The lowest BCUT2D eigenvalue weighted by Crippen LogP contribution is -2.07. The van der Waals surface area contributed by atoms with Gasteiger partial charge in [0, 0.05) is 16.1 Å². The van der Waals surface area contributed by atoms with Crippen LogP contribution in [-0.2, 0) is 6.18 Å². The lowest BCUT2D eigenvalue weighted by Gasteiger charge is -2.04. The smallest absolute Gasteiger partial charge is 0.273 e. The second kappa shape index (κ2) is 4.07. The summed E-state index contributed by atoms with van der Waals surface area (Å²) >= 11 is 5.71. The highest BCUT2D eigenvalue weighted by atomic mass is 35.5. The molecule has 1 heterocycles. The Labute approximate surface area is 100 Å². The molecule has 0 aliphatic carbocycles. The third-order valence-electron chi connectivity index (χ3n) is 2.41. The standard InChI is InChI=1S/C11H8ClF3N2/c1-6-9(7-2-4-8(12)5-3-7)16-17-10(6)11(13,14)15/h2-5H,1H3,(H,16,17). The van der Waals surface area contributed by atoms with Crippen LogP contribution in [-0.4, -0.2) is 10.2 Å². The third kappa shape index (κ3) is 2.29. The van der Waals surface area contributed by atoms with Crippen LogP contribution in [0.4, 0.5) is 13.2 Å². The number of H-pyrrole nitrogens is 1. The number of alkyl halides is 3. The molecule has 0 radical (unpaired) electrons. The van der Waals surface area contributed by atoms with Gasteiger partial charge < -0.3 is 0 Å². The van der Waals surface area contributed by atoms with Crippen molar-refractivity contribution in [1.82, 2.24) is 10.2 Å². The second-order valence-corrected chi connectivity index (χ2v) is 4.01. The molecule has 90 valence electrons. The van der Waals surface area contributed by atoms with E-state index >= 15 is 0 Å². The summed E-state index contributed by atoms with van der Waals surface area (Å²) in [4.78, 5) is 0. The summed E-state index contributed by atoms with van der Waals surface area (Å²) in [7, 11) is 0. The lowest BCUT2D eigenvalue weighted by molar-refractivity contribution is -0.141. The fraction of sp³-hybridized carbons (Fsp3) is 0.182. The van der Waals surface area contributed by atoms with Gasteiger partial charge in [-0.2, -0.15) is 18.3 Å². The van der Waals surface area contributed by atoms with Crippen molar-refractivity contribution in [2.45, 2.75) is 13.1 Å². The summed E-state index contributed by atoms with van der Waals surface area (Å²) in [6, 6.07) is 6.48. The van der Waals surface area contributed by atoms with Crippen molar-refractivity contribution in [2.24, 2.45) is 0 Å². The number of halogens is 4. The van der Waals surface area contributed by atoms with E-state index in [1.807, 2.05) is 5.10 Å². The maximum absolute atomic E-state index is 12.5. The van der Waals surface area contributed by atoms with Crippen LogP contribution < -0.4 is 0 Å². The molecule has 0 saturated heterocycles. The van der Waals surface area contributed by atoms with Crippen LogP contribution in [0.25, 0.3) is 11.3 Å². The molecule has 1 aromatic heterocycles. The van der Waals surface area contributed by atoms with Crippen molar-refractivity contribution in [2.75, 3.05) is 0 Å². The predicted octanol–water partition coefficient (Wildman–Crippen LogP) is 4.06. The molecule has 0 atom stereocenters. The van der Waals surface area contributed by atoms with Gasteiger partial charge in [-0.3, -0.25) is 5.10 Å². The van der Waals surface area contributed by atoms with E-state index in [0.29, 0.717) is 10.6 Å². The zero-order valence-electron chi connectivity index (χ0n) is 8.77. The number of hydrogen-bond acceptors (Lipinski definition) is 1. The molecule has 0 aliphatic heterocycles. The highest BCUT2D eigenvalue weighted by molar-refractivity contribution is 6.30. The first-order valence-electron chi connectivity index (χ1n) is 4.77. The Morgan fingerprint density at radius 3 is 2.24 bits per heavy atom. The van der Waals surface area contributed by atoms with Crippen LogP contribution in [0.3, 0.4) is 0 Å². The maximum atomic E-state index is 12.5. The summed E-state index contributed by atoms with van der Waals surface area (Å²) < 4.78 is 37.6. The van der Waals surface area contributed by atoms with E-state index in [2.05, 4.69) is 5.10 Å². The van der Waals surface area contributed by atoms with Crippen LogP contribution in [0.15, 0.2) is 24.3 Å². The molecule has 0 amide bonds. The van der Waals surface area contributed by atoms with E-state index in [1.54, 1.807) is 24.3 Å². The SMILES string of the molecule is Cc1c(-c2ccc(Cl)cc2)n[nH]c1C(F)(F)F. The first-order valence-corrected chi connectivity index (χ1v) is 5.15. The minimum atomic E-state index is -4.41. The molecule has 0 unspecified atom stereocenters. The predicted molar refractivity (Wildman–Crippen MR) is 58.8 cm³/mol. The van der Waals surface area contributed by atoms with Crippen molar-refractivity contribution in [3.05, 3.63) is 40.5 Å². The normalized spacial score (nSPS) is 11.8. The molecular weight excluding hydrogens is 253 g/mol. The van der Waals surface area contributed by atoms with Gasteiger partial charge in [-0.25, -0.2) is 0 Å². The van der Waals surface area contributed by atoms with Crippen molar-refractivity contribution in [1.29, 1.82) is 0 Å². The van der Waals surface area contributed by atoms with Crippen LogP contribution in [0.2, 0.25) is 5.02 Å². The third-order valence-corrected chi connectivity index (χ3v) is 2.66. The number of benzene rings is 1. The molecule has 0 saturated carbocycles. The molecule has 2 nitrogen and oxygen atoms in total. The monoisotopic (exact) mass is 260 g/mol. The van der Waals surface area contributed by atoms with Gasteiger partial charge in [-0.15, -0.1) is 0 Å². The van der Waals surface area contributed by atoms with Crippen molar-refractivity contribution >= 4 is 11.6 Å². The maximum Gasteiger partial charge on any atom is 0.433 e. The van der Waals surface area contributed by atoms with E-state index in [-0.39, 0.29) is 11.3 Å². The topological polar surface area (TPSA) is 28.7 Å². The highest BCUT2D eigenvalue weighted by Gasteiger charge is 2.35. The summed E-state index contributed by atoms with van der Waals surface area (Å²) in [6.07, 6.45) is -4.41. The van der Waals surface area contributed by atoms with E-state index in [4.69, 9.17) is 11.6 Å². The Balaban J connectivity index is 2.48.